The molecular weight excluding hydrogens is 325 g/mol. The number of hydrogen-bond acceptors (Lipinski definition) is 6. The van der Waals surface area contributed by atoms with Crippen LogP contribution in [0.25, 0.3) is 0 Å². The van der Waals surface area contributed by atoms with Crippen molar-refractivity contribution >= 4 is 34.1 Å². The van der Waals surface area contributed by atoms with Crippen molar-refractivity contribution < 1.29 is 13.9 Å². The Bertz CT molecular complexity index is 659. The molecule has 1 unspecified atom stereocenters. The Morgan fingerprint density at radius 3 is 3.09 bits per heavy atom. The lowest BCUT2D eigenvalue weighted by atomic mass is 10.2. The van der Waals surface area contributed by atoms with Gasteiger partial charge in [0.1, 0.15) is 11.9 Å². The van der Waals surface area contributed by atoms with E-state index in [9.17, 15) is 9.18 Å². The minimum Gasteiger partial charge on any atom is -0.368 e. The van der Waals surface area contributed by atoms with Gasteiger partial charge in [-0.15, -0.1) is 10.2 Å². The average Bonchev–Trinajstić information content (AvgIpc) is 3.18. The van der Waals surface area contributed by atoms with E-state index >= 15 is 0 Å². The van der Waals surface area contributed by atoms with Gasteiger partial charge in [0.05, 0.1) is 0 Å². The lowest BCUT2D eigenvalue weighted by Gasteiger charge is -2.06. The van der Waals surface area contributed by atoms with Crippen LogP contribution >= 0.6 is 23.1 Å². The molecule has 0 aliphatic carbocycles. The van der Waals surface area contributed by atoms with Crippen molar-refractivity contribution in [2.75, 3.05) is 11.9 Å². The fourth-order valence-corrected chi connectivity index (χ4v) is 3.79. The zero-order valence-corrected chi connectivity index (χ0v) is 13.3. The summed E-state index contributed by atoms with van der Waals surface area (Å²) < 4.78 is 19.5. The summed E-state index contributed by atoms with van der Waals surface area (Å²) in [5.41, 5.74) is 0.618. The predicted molar refractivity (Wildman–Crippen MR) is 83.5 cm³/mol. The Labute approximate surface area is 135 Å². The highest BCUT2D eigenvalue weighted by Crippen LogP contribution is 2.29. The third kappa shape index (κ3) is 3.82. The molecule has 116 valence electrons. The summed E-state index contributed by atoms with van der Waals surface area (Å²) in [6.07, 6.45) is 1.25. The van der Waals surface area contributed by atoms with Gasteiger partial charge < -0.3 is 4.74 Å². The van der Waals surface area contributed by atoms with Gasteiger partial charge in [-0.25, -0.2) is 4.39 Å². The summed E-state index contributed by atoms with van der Waals surface area (Å²) in [5.74, 6) is 0.0618. The van der Waals surface area contributed by atoms with Gasteiger partial charge in [-0.2, -0.15) is 0 Å². The van der Waals surface area contributed by atoms with Crippen molar-refractivity contribution in [2.24, 2.45) is 0 Å². The number of halogens is 1. The van der Waals surface area contributed by atoms with E-state index < -0.39 is 6.10 Å². The number of benzene rings is 1. The fraction of sp³-hybridized carbons (Fsp3) is 0.357. The lowest BCUT2D eigenvalue weighted by molar-refractivity contribution is -0.124. The number of aromatic nitrogens is 2. The molecule has 1 aliphatic rings. The quantitative estimate of drug-likeness (QED) is 0.670. The fourth-order valence-electron chi connectivity index (χ4n) is 2.04. The van der Waals surface area contributed by atoms with Crippen LogP contribution in [0, 0.1) is 5.82 Å². The number of thioether (sulfide) groups is 1. The Morgan fingerprint density at radius 1 is 1.45 bits per heavy atom. The normalized spacial score (nSPS) is 17.6. The lowest BCUT2D eigenvalue weighted by Crippen LogP contribution is -2.26. The van der Waals surface area contributed by atoms with E-state index in [2.05, 4.69) is 15.5 Å². The van der Waals surface area contributed by atoms with Crippen LogP contribution in [-0.4, -0.2) is 28.8 Å². The second-order valence-corrected chi connectivity index (χ2v) is 6.94. The number of hydrogen-bond donors (Lipinski definition) is 1. The molecule has 3 rings (SSSR count). The predicted octanol–water partition coefficient (Wildman–Crippen LogP) is 3.09. The minimum atomic E-state index is -0.390. The van der Waals surface area contributed by atoms with Crippen LogP contribution in [0.5, 0.6) is 0 Å². The molecule has 1 atom stereocenters. The van der Waals surface area contributed by atoms with Gasteiger partial charge in [0.15, 0.2) is 4.34 Å². The van der Waals surface area contributed by atoms with Gasteiger partial charge in [0.2, 0.25) is 5.13 Å². The zero-order chi connectivity index (χ0) is 15.4. The highest BCUT2D eigenvalue weighted by molar-refractivity contribution is 8.00. The molecule has 0 bridgehead atoms. The van der Waals surface area contributed by atoms with Crippen molar-refractivity contribution in [1.82, 2.24) is 10.2 Å². The van der Waals surface area contributed by atoms with Crippen LogP contribution in [0.3, 0.4) is 0 Å². The van der Waals surface area contributed by atoms with E-state index in [0.29, 0.717) is 27.4 Å². The maximum atomic E-state index is 13.5. The monoisotopic (exact) mass is 339 g/mol. The summed E-state index contributed by atoms with van der Waals surface area (Å²) in [6.45, 7) is 0.623. The number of nitrogens with one attached hydrogen (secondary N) is 1. The zero-order valence-electron chi connectivity index (χ0n) is 11.6. The van der Waals surface area contributed by atoms with E-state index in [4.69, 9.17) is 4.74 Å². The molecule has 0 spiro atoms. The summed E-state index contributed by atoms with van der Waals surface area (Å²) >= 11 is 2.67. The first kappa shape index (κ1) is 15.4. The SMILES string of the molecule is O=C(Nc1nnc(SCc2ccccc2F)s1)C1CCCO1. The number of amides is 1. The van der Waals surface area contributed by atoms with Gasteiger partial charge in [0, 0.05) is 12.4 Å². The standard InChI is InChI=1S/C14H14FN3O2S2/c15-10-5-2-1-4-9(10)8-21-14-18-17-13(22-14)16-12(19)11-6-3-7-20-11/h1-2,4-5,11H,3,6-8H2,(H,16,17,19). The van der Waals surface area contributed by atoms with Crippen molar-refractivity contribution in [1.29, 1.82) is 0 Å². The number of nitrogens with zero attached hydrogens (tertiary/aromatic N) is 2. The van der Waals surface area contributed by atoms with E-state index in [0.717, 1.165) is 12.8 Å². The summed E-state index contributed by atoms with van der Waals surface area (Å²) in [6, 6.07) is 6.63. The number of carbonyl (C=O) groups is 1. The van der Waals surface area contributed by atoms with Gasteiger partial charge in [-0.05, 0) is 24.5 Å². The van der Waals surface area contributed by atoms with E-state index in [1.807, 2.05) is 0 Å². The van der Waals surface area contributed by atoms with Crippen molar-refractivity contribution in [3.05, 3.63) is 35.6 Å². The van der Waals surface area contributed by atoms with Gasteiger partial charge in [-0.3, -0.25) is 10.1 Å². The Kier molecular flexibility index (Phi) is 5.01. The first-order valence-electron chi connectivity index (χ1n) is 6.84. The third-order valence-electron chi connectivity index (χ3n) is 3.17. The molecule has 0 saturated carbocycles. The highest BCUT2D eigenvalue weighted by atomic mass is 32.2. The third-order valence-corrected chi connectivity index (χ3v) is 5.19. The molecule has 2 aromatic rings. The smallest absolute Gasteiger partial charge is 0.255 e. The van der Waals surface area contributed by atoms with Gasteiger partial charge >= 0.3 is 0 Å². The molecule has 8 heteroatoms. The molecule has 1 amide bonds. The van der Waals surface area contributed by atoms with Crippen molar-refractivity contribution in [2.45, 2.75) is 29.0 Å². The molecule has 0 radical (unpaired) electrons. The summed E-state index contributed by atoms with van der Waals surface area (Å²) in [7, 11) is 0. The highest BCUT2D eigenvalue weighted by Gasteiger charge is 2.24. The summed E-state index contributed by atoms with van der Waals surface area (Å²) in [4.78, 5) is 11.9. The van der Waals surface area contributed by atoms with Crippen LogP contribution in [0.2, 0.25) is 0 Å². The molecule has 1 aromatic heterocycles. The number of anilines is 1. The van der Waals surface area contributed by atoms with Crippen LogP contribution in [0.4, 0.5) is 9.52 Å². The molecule has 1 aliphatic heterocycles. The Hall–Kier alpha value is -1.51. The number of carbonyl (C=O) groups excluding carboxylic acids is 1. The molecule has 1 fully saturated rings. The number of rotatable bonds is 5. The van der Waals surface area contributed by atoms with Crippen LogP contribution in [0.1, 0.15) is 18.4 Å². The average molecular weight is 339 g/mol. The van der Waals surface area contributed by atoms with E-state index in [1.54, 1.807) is 18.2 Å². The molecule has 1 aromatic carbocycles. The molecule has 1 N–H and O–H groups in total. The largest absolute Gasteiger partial charge is 0.368 e. The Morgan fingerprint density at radius 2 is 2.32 bits per heavy atom. The molecule has 1 saturated heterocycles. The molecule has 2 heterocycles. The van der Waals surface area contributed by atoms with Gasteiger partial charge in [0.25, 0.3) is 5.91 Å². The second kappa shape index (κ2) is 7.17. The van der Waals surface area contributed by atoms with Crippen molar-refractivity contribution in [3.63, 3.8) is 0 Å². The Balaban J connectivity index is 1.55. The van der Waals surface area contributed by atoms with Crippen LogP contribution in [0.15, 0.2) is 28.6 Å². The van der Waals surface area contributed by atoms with Crippen LogP contribution < -0.4 is 5.32 Å². The van der Waals surface area contributed by atoms with Crippen LogP contribution in [-0.2, 0) is 15.3 Å². The summed E-state index contributed by atoms with van der Waals surface area (Å²) in [5, 5.41) is 11.1. The maximum absolute atomic E-state index is 13.5. The molecule has 22 heavy (non-hydrogen) atoms. The first-order chi connectivity index (χ1) is 10.7. The van der Waals surface area contributed by atoms with Gasteiger partial charge in [-0.1, -0.05) is 41.3 Å². The van der Waals surface area contributed by atoms with E-state index in [-0.39, 0.29) is 11.7 Å². The molecule has 5 nitrogen and oxygen atoms in total. The first-order valence-corrected chi connectivity index (χ1v) is 8.65. The topological polar surface area (TPSA) is 64.1 Å². The van der Waals surface area contributed by atoms with Crippen molar-refractivity contribution in [3.8, 4) is 0 Å². The number of ether oxygens (including phenoxy) is 1. The van der Waals surface area contributed by atoms with E-state index in [1.165, 1.54) is 29.2 Å². The minimum absolute atomic E-state index is 0.181. The maximum Gasteiger partial charge on any atom is 0.255 e. The second-order valence-electron chi connectivity index (χ2n) is 4.74. The molecular formula is C14H14FN3O2S2.